The van der Waals surface area contributed by atoms with E-state index in [0.29, 0.717) is 12.0 Å². The van der Waals surface area contributed by atoms with Crippen LogP contribution < -0.4 is 5.32 Å². The Morgan fingerprint density at radius 2 is 1.95 bits per heavy atom. The van der Waals surface area contributed by atoms with Crippen molar-refractivity contribution in [1.82, 2.24) is 5.32 Å². The summed E-state index contributed by atoms with van der Waals surface area (Å²) in [5.74, 6) is -0.361. The van der Waals surface area contributed by atoms with Crippen molar-refractivity contribution in [2.75, 3.05) is 0 Å². The van der Waals surface area contributed by atoms with Crippen LogP contribution in [-0.4, -0.2) is 11.9 Å². The monoisotopic (exact) mass is 335 g/mol. The van der Waals surface area contributed by atoms with Gasteiger partial charge in [-0.3, -0.25) is 4.79 Å². The second-order valence-corrected chi connectivity index (χ2v) is 5.63. The zero-order valence-corrected chi connectivity index (χ0v) is 12.7. The maximum absolute atomic E-state index is 12.8. The Morgan fingerprint density at radius 3 is 2.60 bits per heavy atom. The Morgan fingerprint density at radius 1 is 1.25 bits per heavy atom. The van der Waals surface area contributed by atoms with Gasteiger partial charge in [-0.1, -0.05) is 34.1 Å². The summed E-state index contributed by atoms with van der Waals surface area (Å²) < 4.78 is 13.7. The summed E-state index contributed by atoms with van der Waals surface area (Å²) in [5, 5.41) is 2.93. The molecule has 20 heavy (non-hydrogen) atoms. The predicted octanol–water partition coefficient (Wildman–Crippen LogP) is 3.95. The van der Waals surface area contributed by atoms with E-state index in [4.69, 9.17) is 0 Å². The van der Waals surface area contributed by atoms with Crippen LogP contribution in [0.15, 0.2) is 53.0 Å². The molecule has 2 aromatic rings. The van der Waals surface area contributed by atoms with Gasteiger partial charge in [0, 0.05) is 16.1 Å². The summed E-state index contributed by atoms with van der Waals surface area (Å²) in [6, 6.07) is 13.5. The van der Waals surface area contributed by atoms with Gasteiger partial charge in [-0.2, -0.15) is 0 Å². The molecule has 0 aromatic heterocycles. The number of halogens is 2. The fourth-order valence-electron chi connectivity index (χ4n) is 1.96. The van der Waals surface area contributed by atoms with Crippen LogP contribution in [0.3, 0.4) is 0 Å². The fraction of sp³-hybridized carbons (Fsp3) is 0.188. The molecule has 1 atom stereocenters. The van der Waals surface area contributed by atoms with Crippen LogP contribution in [0.25, 0.3) is 0 Å². The van der Waals surface area contributed by atoms with Gasteiger partial charge in [-0.05, 0) is 49.2 Å². The minimum atomic E-state index is -0.250. The molecular formula is C16H15BrFNO. The molecule has 0 aliphatic heterocycles. The standard InChI is InChI=1S/C16H15BrFNO/c1-11(9-12-5-7-15(18)8-6-12)19-16(20)13-3-2-4-14(17)10-13/h2-8,10-11H,9H2,1H3,(H,19,20). The first-order valence-electron chi connectivity index (χ1n) is 6.35. The zero-order valence-electron chi connectivity index (χ0n) is 11.1. The fourth-order valence-corrected chi connectivity index (χ4v) is 2.36. The first-order valence-corrected chi connectivity index (χ1v) is 7.15. The third kappa shape index (κ3) is 4.17. The van der Waals surface area contributed by atoms with E-state index in [0.717, 1.165) is 10.0 Å². The van der Waals surface area contributed by atoms with Crippen LogP contribution in [0.5, 0.6) is 0 Å². The van der Waals surface area contributed by atoms with Crippen molar-refractivity contribution in [3.05, 3.63) is 69.9 Å². The van der Waals surface area contributed by atoms with E-state index in [1.165, 1.54) is 12.1 Å². The summed E-state index contributed by atoms with van der Waals surface area (Å²) in [6.07, 6.45) is 0.667. The van der Waals surface area contributed by atoms with Gasteiger partial charge in [-0.15, -0.1) is 0 Å². The highest BCUT2D eigenvalue weighted by atomic mass is 79.9. The van der Waals surface area contributed by atoms with E-state index >= 15 is 0 Å². The maximum atomic E-state index is 12.8. The topological polar surface area (TPSA) is 29.1 Å². The molecule has 0 saturated heterocycles. The lowest BCUT2D eigenvalue weighted by Crippen LogP contribution is -2.34. The maximum Gasteiger partial charge on any atom is 0.251 e. The number of nitrogens with one attached hydrogen (secondary N) is 1. The highest BCUT2D eigenvalue weighted by Gasteiger charge is 2.10. The molecule has 0 aliphatic carbocycles. The number of rotatable bonds is 4. The van der Waals surface area contributed by atoms with Gasteiger partial charge in [0.2, 0.25) is 0 Å². The molecule has 4 heteroatoms. The lowest BCUT2D eigenvalue weighted by atomic mass is 10.1. The first kappa shape index (κ1) is 14.7. The predicted molar refractivity (Wildman–Crippen MR) is 81.2 cm³/mol. The van der Waals surface area contributed by atoms with E-state index in [2.05, 4.69) is 21.2 Å². The quantitative estimate of drug-likeness (QED) is 0.900. The normalized spacial score (nSPS) is 11.9. The largest absolute Gasteiger partial charge is 0.349 e. The SMILES string of the molecule is CC(Cc1ccc(F)cc1)NC(=O)c1cccc(Br)c1. The van der Waals surface area contributed by atoms with Crippen LogP contribution in [-0.2, 0) is 6.42 Å². The van der Waals surface area contributed by atoms with Crippen LogP contribution in [0.2, 0.25) is 0 Å². The Balaban J connectivity index is 1.95. The highest BCUT2D eigenvalue weighted by Crippen LogP contribution is 2.12. The third-order valence-corrected chi connectivity index (χ3v) is 3.41. The molecule has 2 aromatic carbocycles. The molecule has 2 nitrogen and oxygen atoms in total. The molecule has 0 spiro atoms. The van der Waals surface area contributed by atoms with Crippen molar-refractivity contribution in [3.8, 4) is 0 Å². The minimum absolute atomic E-state index is 0.0213. The molecule has 104 valence electrons. The van der Waals surface area contributed by atoms with Crippen molar-refractivity contribution >= 4 is 21.8 Å². The Hall–Kier alpha value is -1.68. The lowest BCUT2D eigenvalue weighted by molar-refractivity contribution is 0.0940. The van der Waals surface area contributed by atoms with Gasteiger partial charge in [0.15, 0.2) is 0 Å². The minimum Gasteiger partial charge on any atom is -0.349 e. The van der Waals surface area contributed by atoms with E-state index in [9.17, 15) is 9.18 Å². The first-order chi connectivity index (χ1) is 9.54. The highest BCUT2D eigenvalue weighted by molar-refractivity contribution is 9.10. The van der Waals surface area contributed by atoms with Crippen molar-refractivity contribution < 1.29 is 9.18 Å². The Kier molecular flexibility index (Phi) is 4.90. The van der Waals surface area contributed by atoms with Crippen molar-refractivity contribution in [1.29, 1.82) is 0 Å². The summed E-state index contributed by atoms with van der Waals surface area (Å²) in [7, 11) is 0. The summed E-state index contributed by atoms with van der Waals surface area (Å²) in [6.45, 7) is 1.93. The number of benzene rings is 2. The number of hydrogen-bond donors (Lipinski definition) is 1. The van der Waals surface area contributed by atoms with Crippen LogP contribution in [0.1, 0.15) is 22.8 Å². The van der Waals surface area contributed by atoms with E-state index < -0.39 is 0 Å². The Labute approximate surface area is 126 Å². The van der Waals surface area contributed by atoms with Gasteiger partial charge in [0.1, 0.15) is 5.82 Å². The van der Waals surface area contributed by atoms with Crippen molar-refractivity contribution in [2.24, 2.45) is 0 Å². The zero-order chi connectivity index (χ0) is 14.5. The van der Waals surface area contributed by atoms with Crippen LogP contribution in [0, 0.1) is 5.82 Å². The van der Waals surface area contributed by atoms with Crippen molar-refractivity contribution in [3.63, 3.8) is 0 Å². The second-order valence-electron chi connectivity index (χ2n) is 4.72. The van der Waals surface area contributed by atoms with Gasteiger partial charge < -0.3 is 5.32 Å². The second kappa shape index (κ2) is 6.66. The molecule has 2 rings (SSSR count). The lowest BCUT2D eigenvalue weighted by Gasteiger charge is -2.14. The molecule has 0 saturated carbocycles. The molecule has 0 aliphatic rings. The van der Waals surface area contributed by atoms with Crippen LogP contribution in [0.4, 0.5) is 4.39 Å². The molecule has 0 bridgehead atoms. The molecule has 0 heterocycles. The van der Waals surface area contributed by atoms with Crippen LogP contribution >= 0.6 is 15.9 Å². The number of carbonyl (C=O) groups is 1. The molecule has 0 fully saturated rings. The number of amides is 1. The molecule has 0 radical (unpaired) electrons. The van der Waals surface area contributed by atoms with Gasteiger partial charge >= 0.3 is 0 Å². The smallest absolute Gasteiger partial charge is 0.251 e. The Bertz CT molecular complexity index is 598. The van der Waals surface area contributed by atoms with E-state index in [1.54, 1.807) is 24.3 Å². The summed E-state index contributed by atoms with van der Waals surface area (Å²) in [5.41, 5.74) is 1.61. The third-order valence-electron chi connectivity index (χ3n) is 2.92. The van der Waals surface area contributed by atoms with Gasteiger partial charge in [-0.25, -0.2) is 4.39 Å². The molecule has 1 unspecified atom stereocenters. The summed E-state index contributed by atoms with van der Waals surface area (Å²) >= 11 is 3.34. The summed E-state index contributed by atoms with van der Waals surface area (Å²) in [4.78, 5) is 12.1. The van der Waals surface area contributed by atoms with Gasteiger partial charge in [0.25, 0.3) is 5.91 Å². The molecular weight excluding hydrogens is 321 g/mol. The van der Waals surface area contributed by atoms with E-state index in [1.807, 2.05) is 19.1 Å². The molecule has 1 N–H and O–H groups in total. The number of carbonyl (C=O) groups excluding carboxylic acids is 1. The average Bonchev–Trinajstić information content (AvgIpc) is 2.41. The molecule has 1 amide bonds. The van der Waals surface area contributed by atoms with Crippen molar-refractivity contribution in [2.45, 2.75) is 19.4 Å². The van der Waals surface area contributed by atoms with E-state index in [-0.39, 0.29) is 17.8 Å². The average molecular weight is 336 g/mol. The van der Waals surface area contributed by atoms with Gasteiger partial charge in [0.05, 0.1) is 0 Å². The number of hydrogen-bond acceptors (Lipinski definition) is 1.